The zero-order valence-electron chi connectivity index (χ0n) is 12.3. The number of ether oxygens (including phenoxy) is 1. The summed E-state index contributed by atoms with van der Waals surface area (Å²) in [6.45, 7) is 8.46. The molecule has 0 aliphatic carbocycles. The van der Waals surface area contributed by atoms with E-state index in [1.807, 2.05) is 31.2 Å². The molecule has 4 nitrogen and oxygen atoms in total. The number of para-hydroxylation sites is 1. The maximum Gasteiger partial charge on any atom is 0.223 e. The van der Waals surface area contributed by atoms with Crippen molar-refractivity contribution in [1.29, 1.82) is 0 Å². The van der Waals surface area contributed by atoms with Crippen LogP contribution in [0.5, 0.6) is 5.75 Å². The first-order chi connectivity index (χ1) is 9.72. The summed E-state index contributed by atoms with van der Waals surface area (Å²) in [6.07, 6.45) is 1.71. The number of carbonyl (C=O) groups excluding carboxylic acids is 1. The van der Waals surface area contributed by atoms with Crippen LogP contribution < -0.4 is 15.4 Å². The van der Waals surface area contributed by atoms with Crippen molar-refractivity contribution in [3.8, 4) is 5.75 Å². The summed E-state index contributed by atoms with van der Waals surface area (Å²) in [7, 11) is 0. The van der Waals surface area contributed by atoms with Crippen molar-refractivity contribution >= 4 is 18.3 Å². The number of benzene rings is 1. The van der Waals surface area contributed by atoms with Crippen LogP contribution in [0.2, 0.25) is 0 Å². The van der Waals surface area contributed by atoms with Crippen molar-refractivity contribution < 1.29 is 9.53 Å². The molecule has 1 aliphatic heterocycles. The molecule has 21 heavy (non-hydrogen) atoms. The zero-order chi connectivity index (χ0) is 14.4. The lowest BCUT2D eigenvalue weighted by Gasteiger charge is -2.31. The van der Waals surface area contributed by atoms with Crippen LogP contribution in [0.3, 0.4) is 0 Å². The summed E-state index contributed by atoms with van der Waals surface area (Å²) in [5.74, 6) is 1.42. The van der Waals surface area contributed by atoms with Crippen LogP contribution in [0.4, 0.5) is 0 Å². The van der Waals surface area contributed by atoms with Crippen LogP contribution in [0, 0.1) is 11.8 Å². The number of nitrogens with one attached hydrogen (secondary N) is 2. The van der Waals surface area contributed by atoms with Crippen LogP contribution in [0.1, 0.15) is 12.5 Å². The van der Waals surface area contributed by atoms with E-state index in [4.69, 9.17) is 4.74 Å². The average molecular weight is 311 g/mol. The smallest absolute Gasteiger partial charge is 0.223 e. The summed E-state index contributed by atoms with van der Waals surface area (Å²) >= 11 is 0. The highest BCUT2D eigenvalue weighted by Gasteiger charge is 2.28. The Labute approximate surface area is 132 Å². The second-order valence-corrected chi connectivity index (χ2v) is 5.13. The van der Waals surface area contributed by atoms with E-state index in [-0.39, 0.29) is 24.2 Å². The van der Waals surface area contributed by atoms with Crippen molar-refractivity contribution in [2.24, 2.45) is 11.8 Å². The molecule has 5 heteroatoms. The predicted molar refractivity (Wildman–Crippen MR) is 86.8 cm³/mol. The van der Waals surface area contributed by atoms with E-state index >= 15 is 0 Å². The monoisotopic (exact) mass is 310 g/mol. The van der Waals surface area contributed by atoms with Gasteiger partial charge in [-0.15, -0.1) is 12.4 Å². The molecule has 1 aromatic carbocycles. The van der Waals surface area contributed by atoms with Gasteiger partial charge in [0.05, 0.1) is 0 Å². The molecule has 1 amide bonds. The van der Waals surface area contributed by atoms with Gasteiger partial charge in [-0.05, 0) is 25.1 Å². The Morgan fingerprint density at radius 2 is 2.24 bits per heavy atom. The number of hydrogen-bond donors (Lipinski definition) is 2. The molecular formula is C16H23ClN2O2. The maximum absolute atomic E-state index is 12.1. The van der Waals surface area contributed by atoms with Crippen LogP contribution in [-0.2, 0) is 11.3 Å². The van der Waals surface area contributed by atoms with E-state index in [0.29, 0.717) is 19.1 Å². The Bertz CT molecular complexity index is 475. The van der Waals surface area contributed by atoms with E-state index in [1.165, 1.54) is 0 Å². The summed E-state index contributed by atoms with van der Waals surface area (Å²) < 4.78 is 5.58. The normalized spacial score (nSPS) is 15.3. The topological polar surface area (TPSA) is 50.4 Å². The molecule has 0 radical (unpaired) electrons. The van der Waals surface area contributed by atoms with Crippen LogP contribution in [0.15, 0.2) is 36.9 Å². The molecule has 1 fully saturated rings. The lowest BCUT2D eigenvalue weighted by Crippen LogP contribution is -2.49. The van der Waals surface area contributed by atoms with Crippen molar-refractivity contribution in [2.45, 2.75) is 13.5 Å². The van der Waals surface area contributed by atoms with E-state index in [0.717, 1.165) is 24.4 Å². The molecule has 1 heterocycles. The van der Waals surface area contributed by atoms with Crippen molar-refractivity contribution in [2.75, 3.05) is 19.7 Å². The Hall–Kier alpha value is -1.52. The van der Waals surface area contributed by atoms with Gasteiger partial charge < -0.3 is 15.4 Å². The molecule has 116 valence electrons. The van der Waals surface area contributed by atoms with Gasteiger partial charge in [0.1, 0.15) is 12.4 Å². The second-order valence-electron chi connectivity index (χ2n) is 5.13. The third-order valence-electron chi connectivity index (χ3n) is 3.72. The molecule has 1 aliphatic rings. The van der Waals surface area contributed by atoms with Gasteiger partial charge in [0.25, 0.3) is 0 Å². The Balaban J connectivity index is 0.00000220. The standard InChI is InChI=1S/C16H22N2O2.ClH/c1-3-8-20-15-7-5-4-6-13(15)11-18-16(19)12(2)14-9-17-10-14;/h3-7,12,14,17H,1,8-11H2,2H3,(H,18,19);1H. The molecule has 1 aromatic rings. The Morgan fingerprint density at radius 1 is 1.52 bits per heavy atom. The number of amides is 1. The van der Waals surface area contributed by atoms with E-state index in [1.54, 1.807) is 6.08 Å². The third-order valence-corrected chi connectivity index (χ3v) is 3.72. The first-order valence-electron chi connectivity index (χ1n) is 7.02. The molecule has 0 aromatic heterocycles. The van der Waals surface area contributed by atoms with Crippen molar-refractivity contribution in [3.63, 3.8) is 0 Å². The lowest BCUT2D eigenvalue weighted by molar-refractivity contribution is -0.126. The van der Waals surface area contributed by atoms with E-state index in [2.05, 4.69) is 17.2 Å². The minimum atomic E-state index is 0. The molecule has 0 spiro atoms. The van der Waals surface area contributed by atoms with Gasteiger partial charge in [-0.3, -0.25) is 4.79 Å². The fraction of sp³-hybridized carbons (Fsp3) is 0.438. The van der Waals surface area contributed by atoms with Gasteiger partial charge >= 0.3 is 0 Å². The Morgan fingerprint density at radius 3 is 2.86 bits per heavy atom. The summed E-state index contributed by atoms with van der Waals surface area (Å²) in [4.78, 5) is 12.1. The largest absolute Gasteiger partial charge is 0.489 e. The summed E-state index contributed by atoms with van der Waals surface area (Å²) in [5.41, 5.74) is 0.988. The molecule has 1 atom stereocenters. The highest BCUT2D eigenvalue weighted by Crippen LogP contribution is 2.19. The molecule has 0 bridgehead atoms. The van der Waals surface area contributed by atoms with Crippen LogP contribution >= 0.6 is 12.4 Å². The SMILES string of the molecule is C=CCOc1ccccc1CNC(=O)C(C)C1CNC1.Cl. The molecule has 2 N–H and O–H groups in total. The van der Waals surface area contributed by atoms with Gasteiger partial charge in [-0.25, -0.2) is 0 Å². The minimum absolute atomic E-state index is 0. The van der Waals surface area contributed by atoms with E-state index < -0.39 is 0 Å². The van der Waals surface area contributed by atoms with Crippen LogP contribution in [-0.4, -0.2) is 25.6 Å². The zero-order valence-corrected chi connectivity index (χ0v) is 13.1. The fourth-order valence-corrected chi connectivity index (χ4v) is 2.16. The third kappa shape index (κ3) is 4.76. The lowest BCUT2D eigenvalue weighted by atomic mass is 9.88. The molecule has 1 unspecified atom stereocenters. The summed E-state index contributed by atoms with van der Waals surface area (Å²) in [6, 6.07) is 7.74. The van der Waals surface area contributed by atoms with Gasteiger partial charge in [0.2, 0.25) is 5.91 Å². The van der Waals surface area contributed by atoms with Crippen molar-refractivity contribution in [3.05, 3.63) is 42.5 Å². The average Bonchev–Trinajstić information content (AvgIpc) is 2.41. The first-order valence-corrected chi connectivity index (χ1v) is 7.02. The second kappa shape index (κ2) is 8.70. The maximum atomic E-state index is 12.1. The number of carbonyl (C=O) groups is 1. The molecule has 1 saturated heterocycles. The van der Waals surface area contributed by atoms with Gasteiger partial charge in [0.15, 0.2) is 0 Å². The number of rotatable bonds is 7. The Kier molecular flexibility index (Phi) is 7.26. The minimum Gasteiger partial charge on any atom is -0.489 e. The highest BCUT2D eigenvalue weighted by atomic mass is 35.5. The van der Waals surface area contributed by atoms with E-state index in [9.17, 15) is 4.79 Å². The van der Waals surface area contributed by atoms with Crippen molar-refractivity contribution in [1.82, 2.24) is 10.6 Å². The predicted octanol–water partition coefficient (Wildman–Crippen LogP) is 2.14. The highest BCUT2D eigenvalue weighted by molar-refractivity contribution is 5.85. The molecular weight excluding hydrogens is 288 g/mol. The van der Waals surface area contributed by atoms with Crippen LogP contribution in [0.25, 0.3) is 0 Å². The fourth-order valence-electron chi connectivity index (χ4n) is 2.16. The van der Waals surface area contributed by atoms with Gasteiger partial charge in [-0.2, -0.15) is 0 Å². The van der Waals surface area contributed by atoms with Gasteiger partial charge in [-0.1, -0.05) is 37.8 Å². The quantitative estimate of drug-likeness (QED) is 0.759. The molecule has 0 saturated carbocycles. The number of hydrogen-bond acceptors (Lipinski definition) is 3. The number of halogens is 1. The van der Waals surface area contributed by atoms with Gasteiger partial charge in [0, 0.05) is 18.0 Å². The first kappa shape index (κ1) is 17.5. The summed E-state index contributed by atoms with van der Waals surface area (Å²) in [5, 5.41) is 6.19. The molecule has 2 rings (SSSR count).